The molecule has 10 aromatic carbocycles. The SMILES string of the molecule is CC(C)(C)c1ccc2c(c1)c1cc(C(C)(C)C)ccc1n2-c1ccc2c3cc4cc(c5ccccc5c5nc([Si](c6ccccc6)(c6ccccc6)c6ccccc6)nc(n5)c5ccccc45)c3n(-c3ccccc3)c2c1. The molecule has 77 heavy (non-hydrogen) atoms. The van der Waals surface area contributed by atoms with Crippen molar-refractivity contribution in [3.8, 4) is 11.4 Å². The number of benzene rings is 10. The molecule has 0 N–H and O–H groups in total. The van der Waals surface area contributed by atoms with E-state index in [-0.39, 0.29) is 10.8 Å². The summed E-state index contributed by atoms with van der Waals surface area (Å²) in [6, 6.07) is 87.2. The van der Waals surface area contributed by atoms with E-state index in [4.69, 9.17) is 15.0 Å². The number of hydrogen-bond acceptors (Lipinski definition) is 3. The van der Waals surface area contributed by atoms with Gasteiger partial charge in [0.15, 0.2) is 11.3 Å². The maximum Gasteiger partial charge on any atom is 0.226 e. The summed E-state index contributed by atoms with van der Waals surface area (Å²) in [7, 11) is -3.20. The van der Waals surface area contributed by atoms with Crippen LogP contribution in [-0.4, -0.2) is 32.2 Å². The molecule has 5 nitrogen and oxygen atoms in total. The first-order chi connectivity index (χ1) is 37.4. The molecule has 0 saturated carbocycles. The van der Waals surface area contributed by atoms with Gasteiger partial charge in [-0.3, -0.25) is 0 Å². The Bertz CT molecular complexity index is 4510. The highest BCUT2D eigenvalue weighted by Crippen LogP contribution is 2.43. The van der Waals surface area contributed by atoms with Crippen molar-refractivity contribution in [2.45, 2.75) is 52.4 Å². The second-order valence-corrected chi connectivity index (χ2v) is 26.5. The van der Waals surface area contributed by atoms with Crippen LogP contribution in [0.2, 0.25) is 0 Å². The lowest BCUT2D eigenvalue weighted by atomic mass is 9.85. The topological polar surface area (TPSA) is 48.5 Å². The number of para-hydroxylation sites is 1. The Morgan fingerprint density at radius 2 is 0.753 bits per heavy atom. The fourth-order valence-electron chi connectivity index (χ4n) is 12.3. The van der Waals surface area contributed by atoms with Gasteiger partial charge in [0.25, 0.3) is 0 Å². The zero-order valence-electron chi connectivity index (χ0n) is 44.3. The molecule has 0 saturated heterocycles. The van der Waals surface area contributed by atoms with Crippen molar-refractivity contribution in [3.63, 3.8) is 0 Å². The Morgan fingerprint density at radius 3 is 1.26 bits per heavy atom. The molecule has 0 atom stereocenters. The molecule has 4 bridgehead atoms. The van der Waals surface area contributed by atoms with Gasteiger partial charge < -0.3 is 9.13 Å². The molecule has 0 fully saturated rings. The third kappa shape index (κ3) is 7.38. The molecule has 0 radical (unpaired) electrons. The predicted octanol–water partition coefficient (Wildman–Crippen LogP) is 15.2. The summed E-state index contributed by atoms with van der Waals surface area (Å²) in [5.74, 6) is 0. The zero-order chi connectivity index (χ0) is 52.2. The van der Waals surface area contributed by atoms with Crippen molar-refractivity contribution < 1.29 is 0 Å². The average Bonchev–Trinajstić information content (AvgIpc) is 4.00. The van der Waals surface area contributed by atoms with E-state index >= 15 is 0 Å². The Balaban J connectivity index is 1.14. The summed E-state index contributed by atoms with van der Waals surface area (Å²) in [5, 5.41) is 14.7. The van der Waals surface area contributed by atoms with Gasteiger partial charge in [-0.05, 0) is 114 Å². The standard InChI is InChI=1S/C71H57N5Si/c1-70(2,3)47-35-39-63-59(43-47)60-44-48(71(4,5)6)36-40-64(60)75(63)50-37-38-56-62-42-46-41-61(66(62)76(65(56)45-50)49-23-11-7-12-24-49)55-32-20-22-34-58(55)68-72-67(57-33-21-19-31-54(46)57)73-69(74-68)77(51-25-13-8-14-26-51,52-27-15-9-16-28-52)53-29-17-10-18-30-53/h7-45H,1-6H3. The summed E-state index contributed by atoms with van der Waals surface area (Å²) in [4.78, 5) is 17.1. The minimum absolute atomic E-state index is 0.00113. The van der Waals surface area contributed by atoms with Gasteiger partial charge in [0.2, 0.25) is 8.07 Å². The average molecular weight is 1010 g/mol. The Hall–Kier alpha value is -8.97. The zero-order valence-corrected chi connectivity index (χ0v) is 45.3. The molecule has 0 aliphatic rings. The highest BCUT2D eigenvalue weighted by Gasteiger charge is 2.45. The van der Waals surface area contributed by atoms with E-state index in [1.54, 1.807) is 0 Å². The molecule has 0 amide bonds. The molecule has 0 aliphatic carbocycles. The molecule has 4 aromatic heterocycles. The van der Waals surface area contributed by atoms with Gasteiger partial charge in [-0.2, -0.15) is 0 Å². The number of aromatic nitrogens is 5. The molecular formula is C71H57N5Si. The summed E-state index contributed by atoms with van der Waals surface area (Å²) in [6.07, 6.45) is 0. The van der Waals surface area contributed by atoms with Crippen molar-refractivity contribution >= 4 is 116 Å². The van der Waals surface area contributed by atoms with Crippen molar-refractivity contribution in [1.82, 2.24) is 24.1 Å². The highest BCUT2D eigenvalue weighted by molar-refractivity contribution is 7.19. The number of rotatable bonds is 6. The van der Waals surface area contributed by atoms with Crippen LogP contribution in [0.5, 0.6) is 0 Å². The van der Waals surface area contributed by atoms with Crippen LogP contribution in [0.4, 0.5) is 0 Å². The van der Waals surface area contributed by atoms with Gasteiger partial charge in [0, 0.05) is 49.1 Å². The molecule has 0 aliphatic heterocycles. The summed E-state index contributed by atoms with van der Waals surface area (Å²) < 4.78 is 4.97. The second kappa shape index (κ2) is 17.6. The molecule has 6 heteroatoms. The van der Waals surface area contributed by atoms with Crippen LogP contribution in [0.15, 0.2) is 237 Å². The third-order valence-electron chi connectivity index (χ3n) is 16.1. The van der Waals surface area contributed by atoms with Crippen molar-refractivity contribution in [2.24, 2.45) is 0 Å². The number of nitrogens with zero attached hydrogens (tertiary/aromatic N) is 5. The number of fused-ring (bicyclic) bond motifs is 17. The molecular weight excluding hydrogens is 951 g/mol. The van der Waals surface area contributed by atoms with Gasteiger partial charge in [0.1, 0.15) is 5.45 Å². The van der Waals surface area contributed by atoms with Crippen LogP contribution >= 0.6 is 0 Å². The van der Waals surface area contributed by atoms with E-state index in [1.165, 1.54) is 59.3 Å². The lowest BCUT2D eigenvalue weighted by Gasteiger charge is -2.32. The maximum absolute atomic E-state index is 5.79. The summed E-state index contributed by atoms with van der Waals surface area (Å²) in [6.45, 7) is 13.8. The maximum atomic E-state index is 5.79. The second-order valence-electron chi connectivity index (χ2n) is 22.8. The summed E-state index contributed by atoms with van der Waals surface area (Å²) in [5.41, 5.74) is 11.6. The van der Waals surface area contributed by atoms with Crippen molar-refractivity contribution in [2.75, 3.05) is 0 Å². The van der Waals surface area contributed by atoms with E-state index in [0.717, 1.165) is 60.2 Å². The van der Waals surface area contributed by atoms with E-state index in [9.17, 15) is 0 Å². The Kier molecular flexibility index (Phi) is 10.6. The van der Waals surface area contributed by atoms with Gasteiger partial charge in [0.05, 0.1) is 22.1 Å². The fraction of sp³-hybridized carbons (Fsp3) is 0.113. The molecule has 0 unspecified atom stereocenters. The van der Waals surface area contributed by atoms with Crippen LogP contribution in [0.25, 0.3) is 98.6 Å². The predicted molar refractivity (Wildman–Crippen MR) is 328 cm³/mol. The van der Waals surface area contributed by atoms with E-state index in [2.05, 4.69) is 287 Å². The van der Waals surface area contributed by atoms with E-state index in [0.29, 0.717) is 11.3 Å². The largest absolute Gasteiger partial charge is 0.309 e. The first-order valence-corrected chi connectivity index (χ1v) is 28.8. The smallest absolute Gasteiger partial charge is 0.226 e. The first-order valence-electron chi connectivity index (χ1n) is 26.8. The van der Waals surface area contributed by atoms with Crippen LogP contribution in [0.3, 0.4) is 0 Å². The van der Waals surface area contributed by atoms with E-state index < -0.39 is 8.07 Å². The van der Waals surface area contributed by atoms with Crippen LogP contribution in [0.1, 0.15) is 52.7 Å². The Morgan fingerprint density at radius 1 is 0.312 bits per heavy atom. The highest BCUT2D eigenvalue weighted by atomic mass is 28.3. The van der Waals surface area contributed by atoms with Gasteiger partial charge in [-0.25, -0.2) is 15.0 Å². The van der Waals surface area contributed by atoms with Gasteiger partial charge >= 0.3 is 0 Å². The normalized spacial score (nSPS) is 12.5. The van der Waals surface area contributed by atoms with Gasteiger partial charge in [-0.15, -0.1) is 0 Å². The molecule has 370 valence electrons. The monoisotopic (exact) mass is 1010 g/mol. The summed E-state index contributed by atoms with van der Waals surface area (Å²) >= 11 is 0. The van der Waals surface area contributed by atoms with Gasteiger partial charge in [-0.1, -0.05) is 217 Å². The minimum atomic E-state index is -3.20. The van der Waals surface area contributed by atoms with Crippen LogP contribution < -0.4 is 21.0 Å². The molecule has 4 heterocycles. The van der Waals surface area contributed by atoms with Crippen LogP contribution in [0, 0.1) is 0 Å². The van der Waals surface area contributed by atoms with Crippen molar-refractivity contribution in [1.29, 1.82) is 0 Å². The molecule has 14 aromatic rings. The van der Waals surface area contributed by atoms with Crippen LogP contribution in [-0.2, 0) is 10.8 Å². The third-order valence-corrected chi connectivity index (χ3v) is 20.6. The Labute approximate surface area is 449 Å². The lowest BCUT2D eigenvalue weighted by molar-refractivity contribution is 0.590. The fourth-order valence-corrected chi connectivity index (χ4v) is 16.7. The van der Waals surface area contributed by atoms with E-state index in [1.807, 2.05) is 0 Å². The molecule has 0 spiro atoms. The number of hydrogen-bond donors (Lipinski definition) is 0. The molecule has 14 rings (SSSR count). The quantitative estimate of drug-likeness (QED) is 0.123. The first kappa shape index (κ1) is 46.6. The van der Waals surface area contributed by atoms with Crippen molar-refractivity contribution in [3.05, 3.63) is 248 Å². The lowest BCUT2D eigenvalue weighted by Crippen LogP contribution is -2.76. The minimum Gasteiger partial charge on any atom is -0.309 e.